The monoisotopic (exact) mass is 151 g/mol. The maximum atomic E-state index is 9.54. The fourth-order valence-electron chi connectivity index (χ4n) is 1.37. The standard InChI is InChI=1S/C9H13NO/c11-9(7-3-4-7)6-8-2-1-5-10-8/h1-2,5,7,9-11H,3-4,6H2. The van der Waals surface area contributed by atoms with Crippen LogP contribution in [0, 0.1) is 5.92 Å². The molecule has 2 rings (SSSR count). The third-order valence-corrected chi connectivity index (χ3v) is 2.26. The first-order valence-electron chi connectivity index (χ1n) is 4.16. The summed E-state index contributed by atoms with van der Waals surface area (Å²) in [6.07, 6.45) is 4.99. The Balaban J connectivity index is 1.89. The molecule has 1 aliphatic rings. The molecule has 60 valence electrons. The molecule has 2 N–H and O–H groups in total. The van der Waals surface area contributed by atoms with Gasteiger partial charge in [0.2, 0.25) is 0 Å². The Morgan fingerprint density at radius 3 is 3.00 bits per heavy atom. The van der Waals surface area contributed by atoms with Crippen molar-refractivity contribution in [3.8, 4) is 0 Å². The second kappa shape index (κ2) is 2.70. The molecule has 0 aliphatic heterocycles. The topological polar surface area (TPSA) is 36.0 Å². The Morgan fingerprint density at radius 1 is 1.64 bits per heavy atom. The van der Waals surface area contributed by atoms with Gasteiger partial charge in [0.15, 0.2) is 0 Å². The minimum absolute atomic E-state index is 0.117. The molecule has 1 saturated carbocycles. The number of aromatic amines is 1. The molecule has 2 heteroatoms. The summed E-state index contributed by atoms with van der Waals surface area (Å²) in [7, 11) is 0. The summed E-state index contributed by atoms with van der Waals surface area (Å²) >= 11 is 0. The van der Waals surface area contributed by atoms with E-state index in [1.54, 1.807) is 0 Å². The van der Waals surface area contributed by atoms with Crippen molar-refractivity contribution in [1.82, 2.24) is 4.98 Å². The van der Waals surface area contributed by atoms with E-state index >= 15 is 0 Å². The Kier molecular flexibility index (Phi) is 1.70. The zero-order valence-electron chi connectivity index (χ0n) is 6.46. The van der Waals surface area contributed by atoms with Crippen LogP contribution >= 0.6 is 0 Å². The van der Waals surface area contributed by atoms with E-state index in [0.717, 1.165) is 12.1 Å². The average Bonchev–Trinajstić information content (AvgIpc) is 2.73. The number of aliphatic hydroxyl groups excluding tert-OH is 1. The van der Waals surface area contributed by atoms with Crippen molar-refractivity contribution in [1.29, 1.82) is 0 Å². The van der Waals surface area contributed by atoms with E-state index in [2.05, 4.69) is 4.98 Å². The summed E-state index contributed by atoms with van der Waals surface area (Å²) in [4.78, 5) is 3.09. The molecule has 0 saturated heterocycles. The minimum atomic E-state index is -0.117. The lowest BCUT2D eigenvalue weighted by Gasteiger charge is -2.06. The number of aromatic nitrogens is 1. The van der Waals surface area contributed by atoms with E-state index in [1.165, 1.54) is 12.8 Å². The van der Waals surface area contributed by atoms with Crippen molar-refractivity contribution in [3.05, 3.63) is 24.0 Å². The van der Waals surface area contributed by atoms with Gasteiger partial charge in [0.05, 0.1) is 6.10 Å². The van der Waals surface area contributed by atoms with Gasteiger partial charge in [-0.2, -0.15) is 0 Å². The van der Waals surface area contributed by atoms with Crippen LogP contribution in [0.2, 0.25) is 0 Å². The van der Waals surface area contributed by atoms with Crippen LogP contribution in [0.5, 0.6) is 0 Å². The highest BCUT2D eigenvalue weighted by molar-refractivity contribution is 5.05. The van der Waals surface area contributed by atoms with E-state index in [-0.39, 0.29) is 6.10 Å². The van der Waals surface area contributed by atoms with E-state index in [9.17, 15) is 5.11 Å². The van der Waals surface area contributed by atoms with Crippen LogP contribution in [-0.4, -0.2) is 16.2 Å². The minimum Gasteiger partial charge on any atom is -0.392 e. The van der Waals surface area contributed by atoms with Gasteiger partial charge in [0.25, 0.3) is 0 Å². The van der Waals surface area contributed by atoms with E-state index in [4.69, 9.17) is 0 Å². The molecular formula is C9H13NO. The van der Waals surface area contributed by atoms with Crippen LogP contribution in [0.4, 0.5) is 0 Å². The van der Waals surface area contributed by atoms with Gasteiger partial charge >= 0.3 is 0 Å². The first-order valence-corrected chi connectivity index (χ1v) is 4.16. The smallest absolute Gasteiger partial charge is 0.0622 e. The second-order valence-corrected chi connectivity index (χ2v) is 3.30. The highest BCUT2D eigenvalue weighted by atomic mass is 16.3. The van der Waals surface area contributed by atoms with Gasteiger partial charge in [0, 0.05) is 18.3 Å². The zero-order valence-corrected chi connectivity index (χ0v) is 6.46. The Hall–Kier alpha value is -0.760. The van der Waals surface area contributed by atoms with Crippen molar-refractivity contribution >= 4 is 0 Å². The molecule has 11 heavy (non-hydrogen) atoms. The quantitative estimate of drug-likeness (QED) is 0.671. The molecule has 2 nitrogen and oxygen atoms in total. The van der Waals surface area contributed by atoms with Gasteiger partial charge in [-0.1, -0.05) is 0 Å². The van der Waals surface area contributed by atoms with Gasteiger partial charge in [0.1, 0.15) is 0 Å². The zero-order chi connectivity index (χ0) is 7.68. The van der Waals surface area contributed by atoms with Crippen molar-refractivity contribution < 1.29 is 5.11 Å². The number of H-pyrrole nitrogens is 1. The van der Waals surface area contributed by atoms with Gasteiger partial charge < -0.3 is 10.1 Å². The van der Waals surface area contributed by atoms with Crippen molar-refractivity contribution in [3.63, 3.8) is 0 Å². The van der Waals surface area contributed by atoms with Crippen molar-refractivity contribution in [2.45, 2.75) is 25.4 Å². The lowest BCUT2D eigenvalue weighted by molar-refractivity contribution is 0.150. The highest BCUT2D eigenvalue weighted by Crippen LogP contribution is 2.33. The summed E-state index contributed by atoms with van der Waals surface area (Å²) in [5.74, 6) is 0.582. The highest BCUT2D eigenvalue weighted by Gasteiger charge is 2.29. The molecule has 1 fully saturated rings. The third-order valence-electron chi connectivity index (χ3n) is 2.26. The van der Waals surface area contributed by atoms with Crippen LogP contribution in [0.3, 0.4) is 0 Å². The first kappa shape index (κ1) is 6.92. The molecule has 1 heterocycles. The summed E-state index contributed by atoms with van der Waals surface area (Å²) < 4.78 is 0. The Labute approximate surface area is 66.3 Å². The van der Waals surface area contributed by atoms with Crippen LogP contribution in [0.25, 0.3) is 0 Å². The molecule has 0 spiro atoms. The largest absolute Gasteiger partial charge is 0.392 e. The summed E-state index contributed by atoms with van der Waals surface area (Å²) in [5, 5.41) is 9.54. The summed E-state index contributed by atoms with van der Waals surface area (Å²) in [6.45, 7) is 0. The number of hydrogen-bond donors (Lipinski definition) is 2. The van der Waals surface area contributed by atoms with E-state index < -0.39 is 0 Å². The Morgan fingerprint density at radius 2 is 2.45 bits per heavy atom. The molecule has 0 radical (unpaired) electrons. The summed E-state index contributed by atoms with van der Waals surface area (Å²) in [5.41, 5.74) is 1.14. The van der Waals surface area contributed by atoms with Crippen LogP contribution in [0.1, 0.15) is 18.5 Å². The van der Waals surface area contributed by atoms with Crippen LogP contribution in [-0.2, 0) is 6.42 Å². The molecule has 0 bridgehead atoms. The lowest BCUT2D eigenvalue weighted by Crippen LogP contribution is -2.12. The first-order chi connectivity index (χ1) is 5.36. The SMILES string of the molecule is OC(Cc1ccc[nH]1)C1CC1. The maximum Gasteiger partial charge on any atom is 0.0622 e. The van der Waals surface area contributed by atoms with E-state index in [0.29, 0.717) is 5.92 Å². The second-order valence-electron chi connectivity index (χ2n) is 3.30. The third kappa shape index (κ3) is 1.63. The number of aliphatic hydroxyl groups is 1. The fraction of sp³-hybridized carbons (Fsp3) is 0.556. The maximum absolute atomic E-state index is 9.54. The Bertz CT molecular complexity index is 213. The van der Waals surface area contributed by atoms with Gasteiger partial charge in [-0.25, -0.2) is 0 Å². The molecule has 0 aromatic carbocycles. The normalized spacial score (nSPS) is 20.1. The molecule has 0 amide bonds. The molecule has 1 atom stereocenters. The van der Waals surface area contributed by atoms with Crippen molar-refractivity contribution in [2.75, 3.05) is 0 Å². The average molecular weight is 151 g/mol. The van der Waals surface area contributed by atoms with Gasteiger partial charge in [-0.05, 0) is 30.9 Å². The van der Waals surface area contributed by atoms with Gasteiger partial charge in [-0.3, -0.25) is 0 Å². The predicted molar refractivity (Wildman–Crippen MR) is 43.2 cm³/mol. The molecule has 1 aromatic heterocycles. The molecule has 1 unspecified atom stereocenters. The fourth-order valence-corrected chi connectivity index (χ4v) is 1.37. The molecule has 1 aromatic rings. The number of nitrogens with one attached hydrogen (secondary N) is 1. The molecular weight excluding hydrogens is 138 g/mol. The van der Waals surface area contributed by atoms with E-state index in [1.807, 2.05) is 18.3 Å². The molecule has 1 aliphatic carbocycles. The van der Waals surface area contributed by atoms with Gasteiger partial charge in [-0.15, -0.1) is 0 Å². The predicted octanol–water partition coefficient (Wildman–Crippen LogP) is 1.33. The number of hydrogen-bond acceptors (Lipinski definition) is 1. The lowest BCUT2D eigenvalue weighted by atomic mass is 10.1. The van der Waals surface area contributed by atoms with Crippen LogP contribution < -0.4 is 0 Å². The number of rotatable bonds is 3. The van der Waals surface area contributed by atoms with Crippen molar-refractivity contribution in [2.24, 2.45) is 5.92 Å². The van der Waals surface area contributed by atoms with Crippen LogP contribution in [0.15, 0.2) is 18.3 Å². The summed E-state index contributed by atoms with van der Waals surface area (Å²) in [6, 6.07) is 3.99.